The Kier molecular flexibility index (Phi) is 3.00. The zero-order chi connectivity index (χ0) is 11.0. The fourth-order valence-corrected chi connectivity index (χ4v) is 2.03. The molecule has 3 heteroatoms. The lowest BCUT2D eigenvalue weighted by molar-refractivity contribution is 0.122. The van der Waals surface area contributed by atoms with Crippen molar-refractivity contribution in [2.45, 2.75) is 52.2 Å². The molecule has 0 atom stereocenters. The van der Waals surface area contributed by atoms with E-state index < -0.39 is 8.32 Å². The van der Waals surface area contributed by atoms with Crippen molar-refractivity contribution in [1.82, 2.24) is 0 Å². The average Bonchev–Trinajstić information content (AvgIpc) is 2.33. The van der Waals surface area contributed by atoms with E-state index in [1.165, 1.54) is 5.57 Å². The van der Waals surface area contributed by atoms with Crippen molar-refractivity contribution in [3.63, 3.8) is 0 Å². The van der Waals surface area contributed by atoms with Gasteiger partial charge in [-0.2, -0.15) is 0 Å². The van der Waals surface area contributed by atoms with Gasteiger partial charge in [0, 0.05) is 12.0 Å². The van der Waals surface area contributed by atoms with Gasteiger partial charge < -0.3 is 9.16 Å². The Balaban J connectivity index is 2.73. The predicted molar refractivity (Wildman–Crippen MR) is 61.6 cm³/mol. The molecule has 0 radical (unpaired) electrons. The minimum Gasteiger partial charge on any atom is -0.519 e. The highest BCUT2D eigenvalue weighted by atomic mass is 28.4. The van der Waals surface area contributed by atoms with Crippen LogP contribution < -0.4 is 0 Å². The molecule has 0 aromatic rings. The molecule has 0 amide bonds. The van der Waals surface area contributed by atoms with Crippen LogP contribution in [0.2, 0.25) is 18.1 Å². The third-order valence-corrected chi connectivity index (χ3v) is 7.52. The van der Waals surface area contributed by atoms with E-state index >= 15 is 0 Å². The quantitative estimate of drug-likeness (QED) is 0.653. The highest BCUT2D eigenvalue weighted by Gasteiger charge is 2.40. The molecule has 1 aliphatic heterocycles. The van der Waals surface area contributed by atoms with Gasteiger partial charge in [-0.15, -0.1) is 0 Å². The van der Waals surface area contributed by atoms with Crippen LogP contribution in [0.1, 0.15) is 34.1 Å². The summed E-state index contributed by atoms with van der Waals surface area (Å²) in [6, 6.07) is 0. The molecule has 0 unspecified atom stereocenters. The maximum Gasteiger partial charge on any atom is 0.264 e. The summed E-state index contributed by atoms with van der Waals surface area (Å²) in [5, 5.41) is 0.242. The Labute approximate surface area is 88.4 Å². The summed E-state index contributed by atoms with van der Waals surface area (Å²) in [5.41, 5.74) is 1.26. The smallest absolute Gasteiger partial charge is 0.264 e. The van der Waals surface area contributed by atoms with Gasteiger partial charge in [-0.1, -0.05) is 20.8 Å². The van der Waals surface area contributed by atoms with Crippen molar-refractivity contribution in [3.8, 4) is 0 Å². The Morgan fingerprint density at radius 3 is 2.21 bits per heavy atom. The second kappa shape index (κ2) is 3.61. The first-order chi connectivity index (χ1) is 6.24. The van der Waals surface area contributed by atoms with Crippen molar-refractivity contribution in [3.05, 3.63) is 11.5 Å². The molecule has 0 bridgehead atoms. The van der Waals surface area contributed by atoms with Gasteiger partial charge in [0.1, 0.15) is 0 Å². The van der Waals surface area contributed by atoms with Crippen LogP contribution in [-0.2, 0) is 9.16 Å². The minimum absolute atomic E-state index is 0.242. The van der Waals surface area contributed by atoms with Gasteiger partial charge in [-0.05, 0) is 25.1 Å². The number of rotatable bonds is 2. The zero-order valence-corrected chi connectivity index (χ0v) is 11.2. The van der Waals surface area contributed by atoms with E-state index in [9.17, 15) is 0 Å². The third-order valence-electron chi connectivity index (χ3n) is 3.21. The van der Waals surface area contributed by atoms with Gasteiger partial charge in [0.15, 0.2) is 0 Å². The van der Waals surface area contributed by atoms with Crippen molar-refractivity contribution >= 4 is 8.32 Å². The summed E-state index contributed by atoms with van der Waals surface area (Å²) in [6.07, 6.45) is 1.02. The number of hydrogen-bond acceptors (Lipinski definition) is 2. The van der Waals surface area contributed by atoms with E-state index in [2.05, 4.69) is 40.8 Å². The zero-order valence-electron chi connectivity index (χ0n) is 10.2. The Morgan fingerprint density at radius 1 is 1.29 bits per heavy atom. The molecular formula is C11H22O2Si. The van der Waals surface area contributed by atoms with E-state index in [0.29, 0.717) is 0 Å². The first-order valence-corrected chi connectivity index (χ1v) is 8.16. The van der Waals surface area contributed by atoms with Gasteiger partial charge in [0.05, 0.1) is 6.61 Å². The molecule has 0 saturated heterocycles. The van der Waals surface area contributed by atoms with Crippen LogP contribution in [0, 0.1) is 0 Å². The molecule has 1 rings (SSSR count). The fraction of sp³-hybridized carbons (Fsp3) is 0.818. The second-order valence-electron chi connectivity index (χ2n) is 5.53. The highest BCUT2D eigenvalue weighted by Crippen LogP contribution is 2.39. The molecule has 2 nitrogen and oxygen atoms in total. The molecule has 0 aliphatic carbocycles. The standard InChI is InChI=1S/C11H22O2Si/c1-9-7-8-12-10(9)13-14(5,6)11(2,3)4/h7-8H2,1-6H3. The molecule has 14 heavy (non-hydrogen) atoms. The van der Waals surface area contributed by atoms with Gasteiger partial charge in [-0.3, -0.25) is 0 Å². The molecule has 0 aromatic heterocycles. The monoisotopic (exact) mass is 214 g/mol. The highest BCUT2D eigenvalue weighted by molar-refractivity contribution is 6.74. The maximum absolute atomic E-state index is 6.07. The lowest BCUT2D eigenvalue weighted by Gasteiger charge is -2.36. The lowest BCUT2D eigenvalue weighted by Crippen LogP contribution is -2.40. The van der Waals surface area contributed by atoms with Crippen molar-refractivity contribution < 1.29 is 9.16 Å². The van der Waals surface area contributed by atoms with Crippen molar-refractivity contribution in [2.75, 3.05) is 6.61 Å². The molecule has 0 spiro atoms. The van der Waals surface area contributed by atoms with E-state index in [-0.39, 0.29) is 5.04 Å². The van der Waals surface area contributed by atoms with Crippen LogP contribution >= 0.6 is 0 Å². The van der Waals surface area contributed by atoms with Crippen molar-refractivity contribution in [1.29, 1.82) is 0 Å². The van der Waals surface area contributed by atoms with E-state index in [1.807, 2.05) is 0 Å². The fourth-order valence-electron chi connectivity index (χ4n) is 1.02. The molecule has 0 N–H and O–H groups in total. The van der Waals surface area contributed by atoms with Gasteiger partial charge in [0.25, 0.3) is 14.3 Å². The van der Waals surface area contributed by atoms with Crippen LogP contribution in [0.25, 0.3) is 0 Å². The SMILES string of the molecule is CC1=C(O[Si](C)(C)C(C)(C)C)OCC1. The van der Waals surface area contributed by atoms with Gasteiger partial charge in [0.2, 0.25) is 0 Å². The summed E-state index contributed by atoms with van der Waals surface area (Å²) in [5.74, 6) is 0.802. The van der Waals surface area contributed by atoms with Crippen LogP contribution in [0.5, 0.6) is 0 Å². The first kappa shape index (κ1) is 11.6. The molecule has 0 aromatic carbocycles. The maximum atomic E-state index is 6.07. The molecule has 0 saturated carbocycles. The molecule has 82 valence electrons. The Hall–Kier alpha value is -0.443. The van der Waals surface area contributed by atoms with E-state index in [1.54, 1.807) is 0 Å². The van der Waals surface area contributed by atoms with Crippen LogP contribution in [0.4, 0.5) is 0 Å². The second-order valence-corrected chi connectivity index (χ2v) is 10.3. The van der Waals surface area contributed by atoms with E-state index in [0.717, 1.165) is 19.0 Å². The lowest BCUT2D eigenvalue weighted by atomic mass is 10.2. The van der Waals surface area contributed by atoms with Crippen LogP contribution in [0.3, 0.4) is 0 Å². The van der Waals surface area contributed by atoms with E-state index in [4.69, 9.17) is 9.16 Å². The van der Waals surface area contributed by atoms with Crippen LogP contribution in [0.15, 0.2) is 11.5 Å². The first-order valence-electron chi connectivity index (χ1n) is 5.25. The summed E-state index contributed by atoms with van der Waals surface area (Å²) in [4.78, 5) is 0. The number of ether oxygens (including phenoxy) is 1. The third kappa shape index (κ3) is 2.32. The summed E-state index contributed by atoms with van der Waals surface area (Å²) < 4.78 is 11.6. The van der Waals surface area contributed by atoms with Gasteiger partial charge >= 0.3 is 0 Å². The number of hydrogen-bond donors (Lipinski definition) is 0. The van der Waals surface area contributed by atoms with Crippen LogP contribution in [-0.4, -0.2) is 14.9 Å². The normalized spacial score (nSPS) is 18.4. The minimum atomic E-state index is -1.69. The topological polar surface area (TPSA) is 18.5 Å². The molecule has 1 heterocycles. The van der Waals surface area contributed by atoms with Crippen molar-refractivity contribution in [2.24, 2.45) is 0 Å². The Morgan fingerprint density at radius 2 is 1.86 bits per heavy atom. The summed E-state index contributed by atoms with van der Waals surface area (Å²) in [7, 11) is -1.69. The Bertz CT molecular complexity index is 249. The molecule has 1 aliphatic rings. The molecular weight excluding hydrogens is 192 g/mol. The average molecular weight is 214 g/mol. The summed E-state index contributed by atoms with van der Waals surface area (Å²) >= 11 is 0. The summed E-state index contributed by atoms with van der Waals surface area (Å²) in [6.45, 7) is 14.1. The van der Waals surface area contributed by atoms with Gasteiger partial charge in [-0.25, -0.2) is 0 Å². The predicted octanol–water partition coefficient (Wildman–Crippen LogP) is 3.66. The largest absolute Gasteiger partial charge is 0.519 e. The molecule has 0 fully saturated rings.